The lowest BCUT2D eigenvalue weighted by Gasteiger charge is -2.05. The van der Waals surface area contributed by atoms with E-state index < -0.39 is 0 Å². The van der Waals surface area contributed by atoms with Crippen LogP contribution in [0.2, 0.25) is 5.02 Å². The molecular weight excluding hydrogens is 270 g/mol. The van der Waals surface area contributed by atoms with E-state index in [-0.39, 0.29) is 5.91 Å². The summed E-state index contributed by atoms with van der Waals surface area (Å²) in [6.07, 6.45) is 10.6. The molecule has 112 valence electrons. The molecule has 0 saturated heterocycles. The average Bonchev–Trinajstić information content (AvgIpc) is 2.44. The van der Waals surface area contributed by atoms with E-state index in [0.29, 0.717) is 11.4 Å². The summed E-state index contributed by atoms with van der Waals surface area (Å²) < 4.78 is 0. The molecule has 0 saturated carbocycles. The van der Waals surface area contributed by atoms with Gasteiger partial charge in [-0.25, -0.2) is 0 Å². The highest BCUT2D eigenvalue weighted by Crippen LogP contribution is 2.14. The minimum absolute atomic E-state index is 0.0957. The molecule has 0 bridgehead atoms. The van der Waals surface area contributed by atoms with Crippen LogP contribution in [0.4, 0.5) is 5.69 Å². The highest BCUT2D eigenvalue weighted by molar-refractivity contribution is 6.30. The molecule has 0 heterocycles. The number of unbranched alkanes of at least 4 members (excludes halogenated alkanes) is 7. The first-order chi connectivity index (χ1) is 9.72. The maximum absolute atomic E-state index is 11.7. The van der Waals surface area contributed by atoms with E-state index in [1.807, 2.05) is 12.1 Å². The van der Waals surface area contributed by atoms with Gasteiger partial charge in [0.1, 0.15) is 0 Å². The third-order valence-corrected chi connectivity index (χ3v) is 3.64. The van der Waals surface area contributed by atoms with Crippen molar-refractivity contribution >= 4 is 23.2 Å². The third-order valence-electron chi connectivity index (χ3n) is 3.39. The van der Waals surface area contributed by atoms with Crippen molar-refractivity contribution in [2.24, 2.45) is 0 Å². The molecule has 1 rings (SSSR count). The number of benzene rings is 1. The Hall–Kier alpha value is -1.02. The highest BCUT2D eigenvalue weighted by atomic mass is 35.5. The van der Waals surface area contributed by atoms with Gasteiger partial charge in [0, 0.05) is 17.1 Å². The van der Waals surface area contributed by atoms with Crippen LogP contribution in [-0.2, 0) is 4.79 Å². The molecule has 0 aliphatic heterocycles. The van der Waals surface area contributed by atoms with Gasteiger partial charge in [-0.3, -0.25) is 4.79 Å². The molecule has 0 atom stereocenters. The SMILES string of the molecule is CCCCCCCCCCC(=O)Nc1ccc(Cl)cc1. The van der Waals surface area contributed by atoms with Crippen molar-refractivity contribution in [1.29, 1.82) is 0 Å². The Labute approximate surface area is 127 Å². The number of carbonyl (C=O) groups is 1. The van der Waals surface area contributed by atoms with Crippen molar-refractivity contribution < 1.29 is 4.79 Å². The van der Waals surface area contributed by atoms with E-state index >= 15 is 0 Å². The van der Waals surface area contributed by atoms with E-state index in [1.54, 1.807) is 12.1 Å². The second-order valence-electron chi connectivity index (χ2n) is 5.28. The third kappa shape index (κ3) is 8.21. The van der Waals surface area contributed by atoms with Gasteiger partial charge in [-0.1, -0.05) is 63.5 Å². The number of halogens is 1. The molecule has 0 unspecified atom stereocenters. The van der Waals surface area contributed by atoms with Gasteiger partial charge in [0.25, 0.3) is 0 Å². The van der Waals surface area contributed by atoms with Gasteiger partial charge in [-0.15, -0.1) is 0 Å². The Balaban J connectivity index is 2.01. The fourth-order valence-electron chi connectivity index (χ4n) is 2.18. The van der Waals surface area contributed by atoms with Crippen LogP contribution in [0.15, 0.2) is 24.3 Å². The Morgan fingerprint density at radius 1 is 0.950 bits per heavy atom. The Kier molecular flexibility index (Phi) is 9.14. The molecule has 0 aromatic heterocycles. The van der Waals surface area contributed by atoms with Gasteiger partial charge in [0.2, 0.25) is 5.91 Å². The normalized spacial score (nSPS) is 10.5. The molecule has 0 spiro atoms. The standard InChI is InChI=1S/C17H26ClNO/c1-2-3-4-5-6-7-8-9-10-17(20)19-16-13-11-15(18)12-14-16/h11-14H,2-10H2,1H3,(H,19,20). The molecule has 3 heteroatoms. The fourth-order valence-corrected chi connectivity index (χ4v) is 2.30. The summed E-state index contributed by atoms with van der Waals surface area (Å²) in [5.74, 6) is 0.0957. The number of nitrogens with one attached hydrogen (secondary N) is 1. The van der Waals surface area contributed by atoms with Crippen molar-refractivity contribution in [3.05, 3.63) is 29.3 Å². The minimum Gasteiger partial charge on any atom is -0.326 e. The number of amides is 1. The minimum atomic E-state index is 0.0957. The van der Waals surface area contributed by atoms with Gasteiger partial charge < -0.3 is 5.32 Å². The molecule has 0 aliphatic rings. The molecule has 1 aromatic carbocycles. The van der Waals surface area contributed by atoms with Crippen molar-refractivity contribution in [3.63, 3.8) is 0 Å². The molecule has 1 aromatic rings. The van der Waals surface area contributed by atoms with Crippen molar-refractivity contribution in [2.75, 3.05) is 5.32 Å². The highest BCUT2D eigenvalue weighted by Gasteiger charge is 2.02. The van der Waals surface area contributed by atoms with Gasteiger partial charge in [-0.2, -0.15) is 0 Å². The van der Waals surface area contributed by atoms with E-state index in [4.69, 9.17) is 11.6 Å². The van der Waals surface area contributed by atoms with Gasteiger partial charge in [0.05, 0.1) is 0 Å². The molecule has 1 amide bonds. The first kappa shape index (κ1) is 17.0. The molecular formula is C17H26ClNO. The van der Waals surface area contributed by atoms with E-state index in [9.17, 15) is 4.79 Å². The van der Waals surface area contributed by atoms with Gasteiger partial charge in [-0.05, 0) is 30.7 Å². The monoisotopic (exact) mass is 295 g/mol. The predicted octanol–water partition coefficient (Wildman–Crippen LogP) is 5.81. The van der Waals surface area contributed by atoms with E-state index in [1.165, 1.54) is 38.5 Å². The van der Waals surface area contributed by atoms with Crippen LogP contribution in [-0.4, -0.2) is 5.91 Å². The molecule has 2 nitrogen and oxygen atoms in total. The Bertz CT molecular complexity index is 375. The van der Waals surface area contributed by atoms with Crippen LogP contribution in [0.3, 0.4) is 0 Å². The van der Waals surface area contributed by atoms with E-state index in [2.05, 4.69) is 12.2 Å². The number of rotatable bonds is 10. The summed E-state index contributed by atoms with van der Waals surface area (Å²) >= 11 is 5.80. The quantitative estimate of drug-likeness (QED) is 0.542. The summed E-state index contributed by atoms with van der Waals surface area (Å²) in [6.45, 7) is 2.24. The Morgan fingerprint density at radius 3 is 2.10 bits per heavy atom. The zero-order valence-corrected chi connectivity index (χ0v) is 13.2. The summed E-state index contributed by atoms with van der Waals surface area (Å²) in [5, 5.41) is 3.58. The fraction of sp³-hybridized carbons (Fsp3) is 0.588. The number of carbonyl (C=O) groups excluding carboxylic acids is 1. The molecule has 0 fully saturated rings. The van der Waals surface area contributed by atoms with Crippen LogP contribution in [0.1, 0.15) is 64.7 Å². The zero-order chi connectivity index (χ0) is 14.6. The second-order valence-corrected chi connectivity index (χ2v) is 5.72. The summed E-state index contributed by atoms with van der Waals surface area (Å²) in [5.41, 5.74) is 0.818. The topological polar surface area (TPSA) is 29.1 Å². The lowest BCUT2D eigenvalue weighted by atomic mass is 10.1. The lowest BCUT2D eigenvalue weighted by Crippen LogP contribution is -2.10. The van der Waals surface area contributed by atoms with Crippen molar-refractivity contribution in [1.82, 2.24) is 0 Å². The predicted molar refractivity (Wildman–Crippen MR) is 87.3 cm³/mol. The van der Waals surface area contributed by atoms with Gasteiger partial charge in [0.15, 0.2) is 0 Å². The first-order valence-corrected chi connectivity index (χ1v) is 8.15. The van der Waals surface area contributed by atoms with Crippen LogP contribution in [0, 0.1) is 0 Å². The zero-order valence-electron chi connectivity index (χ0n) is 12.5. The van der Waals surface area contributed by atoms with Gasteiger partial charge >= 0.3 is 0 Å². The molecule has 0 aliphatic carbocycles. The van der Waals surface area contributed by atoms with Crippen LogP contribution in [0.5, 0.6) is 0 Å². The molecule has 1 N–H and O–H groups in total. The summed E-state index contributed by atoms with van der Waals surface area (Å²) in [7, 11) is 0. The Morgan fingerprint density at radius 2 is 1.50 bits per heavy atom. The lowest BCUT2D eigenvalue weighted by molar-refractivity contribution is -0.116. The molecule has 0 radical (unpaired) electrons. The number of anilines is 1. The van der Waals surface area contributed by atoms with E-state index in [0.717, 1.165) is 18.5 Å². The van der Waals surface area contributed by atoms with Crippen LogP contribution < -0.4 is 5.32 Å². The molecule has 20 heavy (non-hydrogen) atoms. The smallest absolute Gasteiger partial charge is 0.224 e. The maximum Gasteiger partial charge on any atom is 0.224 e. The summed E-state index contributed by atoms with van der Waals surface area (Å²) in [4.78, 5) is 11.7. The average molecular weight is 296 g/mol. The number of hydrogen-bond acceptors (Lipinski definition) is 1. The summed E-state index contributed by atoms with van der Waals surface area (Å²) in [6, 6.07) is 7.23. The number of hydrogen-bond donors (Lipinski definition) is 1. The van der Waals surface area contributed by atoms with Crippen LogP contribution >= 0.6 is 11.6 Å². The van der Waals surface area contributed by atoms with Crippen molar-refractivity contribution in [2.45, 2.75) is 64.7 Å². The first-order valence-electron chi connectivity index (χ1n) is 7.78. The largest absolute Gasteiger partial charge is 0.326 e. The second kappa shape index (κ2) is 10.7. The maximum atomic E-state index is 11.7. The van der Waals surface area contributed by atoms with Crippen molar-refractivity contribution in [3.8, 4) is 0 Å². The van der Waals surface area contributed by atoms with Crippen LogP contribution in [0.25, 0.3) is 0 Å².